The molecule has 2 unspecified atom stereocenters. The third-order valence-electron chi connectivity index (χ3n) is 10.4. The van der Waals surface area contributed by atoms with Crippen LogP contribution in [0.15, 0.2) is 12.7 Å². The molecule has 0 aromatic heterocycles. The first kappa shape index (κ1) is 42.7. The van der Waals surface area contributed by atoms with E-state index in [9.17, 15) is 0 Å². The van der Waals surface area contributed by atoms with Crippen LogP contribution in [0.2, 0.25) is 0 Å². The first-order valence-corrected chi connectivity index (χ1v) is 20.8. The zero-order chi connectivity index (χ0) is 31.3. The van der Waals surface area contributed by atoms with Crippen molar-refractivity contribution in [3.63, 3.8) is 0 Å². The van der Waals surface area contributed by atoms with Crippen LogP contribution in [0, 0.1) is 11.8 Å². The van der Waals surface area contributed by atoms with E-state index in [0.717, 1.165) is 11.8 Å². The molecule has 0 saturated heterocycles. The van der Waals surface area contributed by atoms with Crippen molar-refractivity contribution in [2.45, 2.75) is 252 Å². The van der Waals surface area contributed by atoms with E-state index in [-0.39, 0.29) is 0 Å². The van der Waals surface area contributed by atoms with Crippen LogP contribution in [-0.2, 0) is 0 Å². The minimum atomic E-state index is 0.838. The minimum absolute atomic E-state index is 0.838. The van der Waals surface area contributed by atoms with Gasteiger partial charge >= 0.3 is 0 Å². The van der Waals surface area contributed by atoms with Crippen LogP contribution < -0.4 is 0 Å². The van der Waals surface area contributed by atoms with E-state index >= 15 is 0 Å². The maximum Gasteiger partial charge on any atom is -0.0328 e. The van der Waals surface area contributed by atoms with E-state index in [1.807, 2.05) is 0 Å². The van der Waals surface area contributed by atoms with E-state index in [1.54, 1.807) is 0 Å². The van der Waals surface area contributed by atoms with Gasteiger partial charge in [-0.25, -0.2) is 0 Å². The molecular formula is C43H86. The predicted molar refractivity (Wildman–Crippen MR) is 200 cm³/mol. The molecule has 0 saturated carbocycles. The van der Waals surface area contributed by atoms with Gasteiger partial charge in [-0.05, 0) is 18.3 Å². The van der Waals surface area contributed by atoms with Crippen LogP contribution in [0.1, 0.15) is 252 Å². The topological polar surface area (TPSA) is 0 Å². The fraction of sp³-hybridized carbons (Fsp3) is 0.953. The molecule has 258 valence electrons. The zero-order valence-corrected chi connectivity index (χ0v) is 30.9. The van der Waals surface area contributed by atoms with Gasteiger partial charge in [-0.2, -0.15) is 0 Å². The Hall–Kier alpha value is -0.260. The number of hydrogen-bond donors (Lipinski definition) is 0. The van der Waals surface area contributed by atoms with Gasteiger partial charge in [-0.1, -0.05) is 252 Å². The maximum absolute atomic E-state index is 3.87. The lowest BCUT2D eigenvalue weighted by Crippen LogP contribution is -1.99. The highest BCUT2D eigenvalue weighted by Crippen LogP contribution is 2.23. The van der Waals surface area contributed by atoms with Gasteiger partial charge in [0.05, 0.1) is 0 Å². The van der Waals surface area contributed by atoms with Crippen molar-refractivity contribution in [1.82, 2.24) is 0 Å². The van der Waals surface area contributed by atoms with Gasteiger partial charge < -0.3 is 0 Å². The molecule has 43 heavy (non-hydrogen) atoms. The van der Waals surface area contributed by atoms with Crippen LogP contribution in [0.4, 0.5) is 0 Å². The second-order valence-corrected chi connectivity index (χ2v) is 14.9. The van der Waals surface area contributed by atoms with Crippen molar-refractivity contribution in [3.8, 4) is 0 Å². The van der Waals surface area contributed by atoms with Gasteiger partial charge in [0, 0.05) is 0 Å². The summed E-state index contributed by atoms with van der Waals surface area (Å²) in [6, 6.07) is 0. The van der Waals surface area contributed by atoms with Gasteiger partial charge in [0.15, 0.2) is 0 Å². The molecule has 2 atom stereocenters. The number of unbranched alkanes of at least 4 members (excludes halogenated alkanes) is 29. The first-order chi connectivity index (χ1) is 21.2. The molecule has 0 N–H and O–H groups in total. The summed E-state index contributed by atoms with van der Waals surface area (Å²) in [4.78, 5) is 0. The molecule has 0 fully saturated rings. The monoisotopic (exact) mass is 603 g/mol. The number of hydrogen-bond acceptors (Lipinski definition) is 0. The van der Waals surface area contributed by atoms with Crippen molar-refractivity contribution in [2.24, 2.45) is 11.8 Å². The fourth-order valence-electron chi connectivity index (χ4n) is 7.16. The third kappa shape index (κ3) is 36.1. The van der Waals surface area contributed by atoms with Crippen LogP contribution in [-0.4, -0.2) is 0 Å². The Morgan fingerprint density at radius 2 is 0.628 bits per heavy atom. The average Bonchev–Trinajstić information content (AvgIpc) is 3.01. The number of rotatable bonds is 38. The Bertz CT molecular complexity index is 492. The van der Waals surface area contributed by atoms with Crippen LogP contribution in [0.25, 0.3) is 0 Å². The lowest BCUT2D eigenvalue weighted by molar-refractivity contribution is 0.390. The molecule has 0 aliphatic carbocycles. The Kier molecular flexibility index (Phi) is 37.7. The predicted octanol–water partition coefficient (Wildman–Crippen LogP) is 16.5. The maximum atomic E-state index is 3.87. The summed E-state index contributed by atoms with van der Waals surface area (Å²) in [5.41, 5.74) is 0. The molecule has 0 rings (SSSR count). The summed E-state index contributed by atoms with van der Waals surface area (Å²) in [7, 11) is 0. The Morgan fingerprint density at radius 1 is 0.372 bits per heavy atom. The fourth-order valence-corrected chi connectivity index (χ4v) is 7.16. The summed E-state index contributed by atoms with van der Waals surface area (Å²) in [5, 5.41) is 0. The Balaban J connectivity index is 3.22. The minimum Gasteiger partial charge on any atom is -0.103 e. The Labute approximate surface area is 275 Å². The molecule has 0 aromatic carbocycles. The molecular weight excluding hydrogens is 516 g/mol. The standard InChI is InChI=1S/C43H86/c1-5-8-9-10-11-12-13-14-15-16-17-18-19-20-21-22-23-24-25-26-27-28-29-30-33-36-40-43(7-3)41-37-34-31-32-35-39-42(4)38-6-2/h6,42-43H,2,5,7-41H2,1,3-4H3. The molecule has 0 heteroatoms. The molecule has 0 spiro atoms. The van der Waals surface area contributed by atoms with Gasteiger partial charge in [0.2, 0.25) is 0 Å². The highest BCUT2D eigenvalue weighted by Gasteiger charge is 2.06. The highest BCUT2D eigenvalue weighted by atomic mass is 14.1. The zero-order valence-electron chi connectivity index (χ0n) is 30.9. The average molecular weight is 603 g/mol. The highest BCUT2D eigenvalue weighted by molar-refractivity contribution is 4.70. The molecule has 0 aliphatic heterocycles. The molecule has 0 aliphatic rings. The molecule has 0 nitrogen and oxygen atoms in total. The summed E-state index contributed by atoms with van der Waals surface area (Å²) < 4.78 is 0. The van der Waals surface area contributed by atoms with E-state index in [0.29, 0.717) is 0 Å². The molecule has 0 radical (unpaired) electrons. The van der Waals surface area contributed by atoms with Crippen molar-refractivity contribution < 1.29 is 0 Å². The van der Waals surface area contributed by atoms with Gasteiger partial charge in [0.1, 0.15) is 0 Å². The van der Waals surface area contributed by atoms with E-state index in [1.165, 1.54) is 231 Å². The first-order valence-electron chi connectivity index (χ1n) is 20.8. The Morgan fingerprint density at radius 3 is 0.884 bits per heavy atom. The third-order valence-corrected chi connectivity index (χ3v) is 10.4. The van der Waals surface area contributed by atoms with E-state index < -0.39 is 0 Å². The van der Waals surface area contributed by atoms with E-state index in [4.69, 9.17) is 0 Å². The quantitative estimate of drug-likeness (QED) is 0.0487. The van der Waals surface area contributed by atoms with Gasteiger partial charge in [-0.15, -0.1) is 6.58 Å². The van der Waals surface area contributed by atoms with Crippen LogP contribution in [0.5, 0.6) is 0 Å². The SMILES string of the molecule is C=CCC(C)CCCCCCCC(CC)CCCCCCCCCCCCCCCCCCCCCCCCCCCC. The molecule has 0 amide bonds. The van der Waals surface area contributed by atoms with Gasteiger partial charge in [-0.3, -0.25) is 0 Å². The summed E-state index contributed by atoms with van der Waals surface area (Å²) in [5.74, 6) is 1.84. The van der Waals surface area contributed by atoms with Crippen LogP contribution in [0.3, 0.4) is 0 Å². The van der Waals surface area contributed by atoms with Crippen molar-refractivity contribution in [2.75, 3.05) is 0 Å². The van der Waals surface area contributed by atoms with Gasteiger partial charge in [0.25, 0.3) is 0 Å². The normalized spacial score (nSPS) is 13.0. The second kappa shape index (κ2) is 37.9. The largest absolute Gasteiger partial charge is 0.103 e. The molecule has 0 aromatic rings. The lowest BCUT2D eigenvalue weighted by Gasteiger charge is -2.14. The van der Waals surface area contributed by atoms with Crippen molar-refractivity contribution in [1.29, 1.82) is 0 Å². The van der Waals surface area contributed by atoms with Crippen molar-refractivity contribution >= 4 is 0 Å². The smallest absolute Gasteiger partial charge is 0.0328 e. The lowest BCUT2D eigenvalue weighted by atomic mass is 9.92. The van der Waals surface area contributed by atoms with Crippen molar-refractivity contribution in [3.05, 3.63) is 12.7 Å². The number of allylic oxidation sites excluding steroid dienone is 1. The summed E-state index contributed by atoms with van der Waals surface area (Å²) in [6.45, 7) is 11.0. The summed E-state index contributed by atoms with van der Waals surface area (Å²) in [6.07, 6.45) is 54.9. The summed E-state index contributed by atoms with van der Waals surface area (Å²) >= 11 is 0. The molecule has 0 bridgehead atoms. The molecule has 0 heterocycles. The van der Waals surface area contributed by atoms with Crippen LogP contribution >= 0.6 is 0 Å². The van der Waals surface area contributed by atoms with E-state index in [2.05, 4.69) is 33.4 Å². The second-order valence-electron chi connectivity index (χ2n) is 14.9.